The smallest absolute Gasteiger partial charge is 0.229 e. The van der Waals surface area contributed by atoms with Crippen LogP contribution in [-0.4, -0.2) is 58.8 Å². The van der Waals surface area contributed by atoms with Gasteiger partial charge in [0.1, 0.15) is 5.01 Å². The Bertz CT molecular complexity index is 661. The van der Waals surface area contributed by atoms with Gasteiger partial charge in [0.25, 0.3) is 0 Å². The van der Waals surface area contributed by atoms with Crippen molar-refractivity contribution in [3.05, 3.63) is 5.01 Å². The van der Waals surface area contributed by atoms with E-state index in [1.807, 2.05) is 11.8 Å². The fourth-order valence-electron chi connectivity index (χ4n) is 4.15. The Labute approximate surface area is 151 Å². The van der Waals surface area contributed by atoms with Gasteiger partial charge >= 0.3 is 0 Å². The van der Waals surface area contributed by atoms with E-state index < -0.39 is 0 Å². The predicted octanol–water partition coefficient (Wildman–Crippen LogP) is 1.76. The number of amides is 2. The molecule has 3 aliphatic heterocycles. The third-order valence-corrected chi connectivity index (χ3v) is 6.50. The minimum Gasteiger partial charge on any atom is -0.375 e. The maximum absolute atomic E-state index is 12.9. The second-order valence-corrected chi connectivity index (χ2v) is 8.48. The van der Waals surface area contributed by atoms with E-state index in [0.717, 1.165) is 50.4 Å². The molecular weight excluding hydrogens is 340 g/mol. The van der Waals surface area contributed by atoms with Gasteiger partial charge in [-0.3, -0.25) is 14.5 Å². The molecule has 1 aromatic heterocycles. The van der Waals surface area contributed by atoms with Gasteiger partial charge in [0.05, 0.1) is 11.5 Å². The quantitative estimate of drug-likeness (QED) is 0.799. The largest absolute Gasteiger partial charge is 0.375 e. The number of likely N-dealkylation sites (tertiary alicyclic amines) is 1. The zero-order chi connectivity index (χ0) is 17.4. The number of nitrogens with zero attached hydrogens (tertiary/aromatic N) is 4. The van der Waals surface area contributed by atoms with Crippen molar-refractivity contribution in [3.63, 3.8) is 0 Å². The molecule has 0 bridgehead atoms. The SMILES string of the molecule is Cc1nnc(N2CC(C(=O)N3CCC4(CCCCO4)CC3)CC2=O)s1. The molecule has 0 aromatic carbocycles. The second-order valence-electron chi connectivity index (χ2n) is 7.32. The third kappa shape index (κ3) is 3.29. The molecule has 3 aliphatic rings. The molecule has 4 heterocycles. The Hall–Kier alpha value is -1.54. The highest BCUT2D eigenvalue weighted by Gasteiger charge is 2.42. The molecule has 0 N–H and O–H groups in total. The molecule has 7 nitrogen and oxygen atoms in total. The molecule has 1 aromatic rings. The highest BCUT2D eigenvalue weighted by atomic mass is 32.1. The third-order valence-electron chi connectivity index (χ3n) is 5.64. The van der Waals surface area contributed by atoms with Crippen LogP contribution in [0.4, 0.5) is 5.13 Å². The molecule has 0 aliphatic carbocycles. The van der Waals surface area contributed by atoms with Gasteiger partial charge in [-0.1, -0.05) is 11.3 Å². The number of piperidine rings is 1. The summed E-state index contributed by atoms with van der Waals surface area (Å²) in [6.45, 7) is 4.61. The number of carbonyl (C=O) groups is 2. The monoisotopic (exact) mass is 364 g/mol. The van der Waals surface area contributed by atoms with Crippen molar-refractivity contribution in [3.8, 4) is 0 Å². The zero-order valence-electron chi connectivity index (χ0n) is 14.6. The molecule has 4 rings (SSSR count). The fourth-order valence-corrected chi connectivity index (χ4v) is 4.86. The average molecular weight is 364 g/mol. The van der Waals surface area contributed by atoms with Crippen LogP contribution in [0.3, 0.4) is 0 Å². The van der Waals surface area contributed by atoms with Gasteiger partial charge in [-0.25, -0.2) is 0 Å². The first-order valence-electron chi connectivity index (χ1n) is 9.10. The van der Waals surface area contributed by atoms with Gasteiger partial charge in [-0.2, -0.15) is 0 Å². The van der Waals surface area contributed by atoms with Crippen LogP contribution in [0.1, 0.15) is 43.5 Å². The topological polar surface area (TPSA) is 75.6 Å². The number of rotatable bonds is 2. The normalized spacial score (nSPS) is 26.4. The summed E-state index contributed by atoms with van der Waals surface area (Å²) < 4.78 is 6.04. The van der Waals surface area contributed by atoms with Crippen molar-refractivity contribution in [1.29, 1.82) is 0 Å². The molecule has 136 valence electrons. The second kappa shape index (κ2) is 6.64. The maximum atomic E-state index is 12.9. The number of aryl methyl sites for hydroxylation is 1. The van der Waals surface area contributed by atoms with Gasteiger partial charge in [-0.05, 0) is 39.0 Å². The number of ether oxygens (including phenoxy) is 1. The van der Waals surface area contributed by atoms with Gasteiger partial charge in [0.15, 0.2) is 0 Å². The van der Waals surface area contributed by atoms with Gasteiger partial charge in [0.2, 0.25) is 16.9 Å². The van der Waals surface area contributed by atoms with Crippen molar-refractivity contribution in [1.82, 2.24) is 15.1 Å². The van der Waals surface area contributed by atoms with Crippen molar-refractivity contribution in [2.75, 3.05) is 31.1 Å². The van der Waals surface area contributed by atoms with Crippen LogP contribution >= 0.6 is 11.3 Å². The first-order chi connectivity index (χ1) is 12.1. The Morgan fingerprint density at radius 1 is 1.24 bits per heavy atom. The number of aromatic nitrogens is 2. The highest BCUT2D eigenvalue weighted by Crippen LogP contribution is 2.36. The van der Waals surface area contributed by atoms with Crippen molar-refractivity contribution >= 4 is 28.3 Å². The van der Waals surface area contributed by atoms with Crippen molar-refractivity contribution < 1.29 is 14.3 Å². The van der Waals surface area contributed by atoms with Crippen molar-refractivity contribution in [2.24, 2.45) is 5.92 Å². The highest BCUT2D eigenvalue weighted by molar-refractivity contribution is 7.15. The van der Waals surface area contributed by atoms with Crippen LogP contribution < -0.4 is 4.90 Å². The van der Waals surface area contributed by atoms with Crippen LogP contribution in [0.25, 0.3) is 0 Å². The summed E-state index contributed by atoms with van der Waals surface area (Å²) >= 11 is 1.39. The van der Waals surface area contributed by atoms with E-state index in [0.29, 0.717) is 11.7 Å². The van der Waals surface area contributed by atoms with Crippen molar-refractivity contribution in [2.45, 2.75) is 51.0 Å². The summed E-state index contributed by atoms with van der Waals surface area (Å²) in [6, 6.07) is 0. The van der Waals surface area contributed by atoms with Crippen LogP contribution in [0.5, 0.6) is 0 Å². The standard InChI is InChI=1S/C17H24N4O3S/c1-12-18-19-16(25-12)21-11-13(10-14(21)22)15(23)20-7-5-17(6-8-20)4-2-3-9-24-17/h13H,2-11H2,1H3. The molecule has 1 unspecified atom stereocenters. The lowest BCUT2D eigenvalue weighted by Gasteiger charge is -2.44. The summed E-state index contributed by atoms with van der Waals surface area (Å²) in [5.41, 5.74) is -0.00333. The number of hydrogen-bond donors (Lipinski definition) is 0. The molecule has 0 radical (unpaired) electrons. The van der Waals surface area contributed by atoms with E-state index in [1.165, 1.54) is 17.8 Å². The van der Waals surface area contributed by atoms with Gasteiger partial charge in [0, 0.05) is 32.7 Å². The van der Waals surface area contributed by atoms with Gasteiger partial charge in [-0.15, -0.1) is 10.2 Å². The van der Waals surface area contributed by atoms with Gasteiger partial charge < -0.3 is 9.64 Å². The number of carbonyl (C=O) groups excluding carboxylic acids is 2. The molecule has 3 saturated heterocycles. The summed E-state index contributed by atoms with van der Waals surface area (Å²) in [7, 11) is 0. The lowest BCUT2D eigenvalue weighted by Crippen LogP contribution is -2.50. The maximum Gasteiger partial charge on any atom is 0.229 e. The van der Waals surface area contributed by atoms with Crippen LogP contribution in [-0.2, 0) is 14.3 Å². The predicted molar refractivity (Wildman–Crippen MR) is 93.5 cm³/mol. The Morgan fingerprint density at radius 2 is 2.04 bits per heavy atom. The van der Waals surface area contributed by atoms with E-state index in [4.69, 9.17) is 4.74 Å². The molecule has 3 fully saturated rings. The number of anilines is 1. The Morgan fingerprint density at radius 3 is 2.68 bits per heavy atom. The molecule has 25 heavy (non-hydrogen) atoms. The first kappa shape index (κ1) is 16.9. The van der Waals surface area contributed by atoms with Crippen LogP contribution in [0.2, 0.25) is 0 Å². The average Bonchev–Trinajstić information content (AvgIpc) is 3.21. The molecule has 8 heteroatoms. The van der Waals surface area contributed by atoms with E-state index in [1.54, 1.807) is 4.90 Å². The molecular formula is C17H24N4O3S. The molecule has 2 amide bonds. The first-order valence-corrected chi connectivity index (χ1v) is 9.91. The minimum atomic E-state index is -0.266. The molecule has 1 atom stereocenters. The number of hydrogen-bond acceptors (Lipinski definition) is 6. The van der Waals surface area contributed by atoms with E-state index in [9.17, 15) is 9.59 Å². The fraction of sp³-hybridized carbons (Fsp3) is 0.765. The Kier molecular flexibility index (Phi) is 4.49. The molecule has 1 spiro atoms. The molecule has 0 saturated carbocycles. The van der Waals surface area contributed by atoms with Crippen LogP contribution in [0.15, 0.2) is 0 Å². The van der Waals surface area contributed by atoms with E-state index in [-0.39, 0.29) is 29.8 Å². The van der Waals surface area contributed by atoms with Crippen LogP contribution in [0, 0.1) is 12.8 Å². The summed E-state index contributed by atoms with van der Waals surface area (Å²) in [4.78, 5) is 28.7. The summed E-state index contributed by atoms with van der Waals surface area (Å²) in [5.74, 6) is -0.195. The lowest BCUT2D eigenvalue weighted by molar-refractivity contribution is -0.146. The summed E-state index contributed by atoms with van der Waals surface area (Å²) in [5, 5.41) is 9.44. The van der Waals surface area contributed by atoms with E-state index in [2.05, 4.69) is 10.2 Å². The van der Waals surface area contributed by atoms with E-state index >= 15 is 0 Å². The lowest BCUT2D eigenvalue weighted by atomic mass is 9.84. The minimum absolute atomic E-state index is 0.00333. The Balaban J connectivity index is 1.36. The zero-order valence-corrected chi connectivity index (χ0v) is 15.4. The summed E-state index contributed by atoms with van der Waals surface area (Å²) in [6.07, 6.45) is 5.59.